The highest BCUT2D eigenvalue weighted by molar-refractivity contribution is 7.69. The molecule has 14 heavy (non-hydrogen) atoms. The van der Waals surface area contributed by atoms with Crippen molar-refractivity contribution in [1.82, 2.24) is 19.9 Å². The lowest BCUT2D eigenvalue weighted by atomic mass is 10.5. The monoisotopic (exact) mass is 211 g/mol. The van der Waals surface area contributed by atoms with Gasteiger partial charge in [-0.1, -0.05) is 0 Å². The maximum atomic E-state index is 11.7. The lowest BCUT2D eigenvalue weighted by molar-refractivity contribution is 0.587. The van der Waals surface area contributed by atoms with Crippen LogP contribution >= 0.6 is 7.14 Å². The Labute approximate surface area is 80.3 Å². The van der Waals surface area contributed by atoms with Crippen molar-refractivity contribution in [3.8, 4) is 0 Å². The third-order valence-electron chi connectivity index (χ3n) is 1.78. The van der Waals surface area contributed by atoms with E-state index in [-0.39, 0.29) is 11.4 Å². The van der Waals surface area contributed by atoms with Crippen LogP contribution in [0.2, 0.25) is 0 Å². The number of aromatic nitrogens is 4. The number of rotatable bonds is 1. The van der Waals surface area contributed by atoms with Crippen LogP contribution in [-0.2, 0) is 4.57 Å². The molecule has 0 radical (unpaired) electrons. The topological polar surface area (TPSA) is 97.6 Å². The Bertz CT molecular complexity index is 528. The molecule has 0 saturated heterocycles. The first-order valence-corrected chi connectivity index (χ1v) is 6.61. The molecule has 0 fully saturated rings. The van der Waals surface area contributed by atoms with Gasteiger partial charge in [-0.2, -0.15) is 0 Å². The fourth-order valence-corrected chi connectivity index (χ4v) is 1.77. The Morgan fingerprint density at radius 1 is 1.43 bits per heavy atom. The molecule has 2 rings (SSSR count). The van der Waals surface area contributed by atoms with Gasteiger partial charge in [0.15, 0.2) is 17.0 Å². The van der Waals surface area contributed by atoms with Crippen LogP contribution in [0.4, 0.5) is 5.82 Å². The van der Waals surface area contributed by atoms with Gasteiger partial charge in [0.1, 0.15) is 12.7 Å². The summed E-state index contributed by atoms with van der Waals surface area (Å²) in [7, 11) is -2.48. The van der Waals surface area contributed by atoms with Gasteiger partial charge in [-0.25, -0.2) is 15.0 Å². The number of nitrogens with zero attached hydrogens (tertiary/aromatic N) is 3. The molecule has 7 heteroatoms. The molecule has 3 N–H and O–H groups in total. The summed E-state index contributed by atoms with van der Waals surface area (Å²) in [6, 6.07) is 0. The molecule has 0 amide bonds. The van der Waals surface area contributed by atoms with E-state index in [1.54, 1.807) is 13.3 Å². The predicted octanol–water partition coefficient (Wildman–Crippen LogP) is 0.183. The van der Waals surface area contributed by atoms with E-state index in [2.05, 4.69) is 19.9 Å². The summed E-state index contributed by atoms with van der Waals surface area (Å²) in [5, 5.41) is 0. The zero-order valence-corrected chi connectivity index (χ0v) is 8.75. The summed E-state index contributed by atoms with van der Waals surface area (Å²) in [5.41, 5.74) is 6.97. The Kier molecular flexibility index (Phi) is 1.82. The number of nitrogen functional groups attached to an aromatic ring is 1. The highest BCUT2D eigenvalue weighted by Gasteiger charge is 2.17. The molecule has 2 heterocycles. The van der Waals surface area contributed by atoms with Crippen molar-refractivity contribution in [1.29, 1.82) is 0 Å². The van der Waals surface area contributed by atoms with Gasteiger partial charge in [-0.3, -0.25) is 0 Å². The van der Waals surface area contributed by atoms with Crippen molar-refractivity contribution in [3.63, 3.8) is 0 Å². The van der Waals surface area contributed by atoms with Crippen LogP contribution in [0.5, 0.6) is 0 Å². The van der Waals surface area contributed by atoms with Crippen molar-refractivity contribution < 1.29 is 4.57 Å². The number of imidazole rings is 1. The van der Waals surface area contributed by atoms with Crippen molar-refractivity contribution >= 4 is 29.7 Å². The van der Waals surface area contributed by atoms with Crippen LogP contribution in [0.15, 0.2) is 6.33 Å². The first-order chi connectivity index (χ1) is 6.48. The molecular weight excluding hydrogens is 201 g/mol. The average Bonchev–Trinajstić information content (AvgIpc) is 2.50. The van der Waals surface area contributed by atoms with Crippen LogP contribution in [-0.4, -0.2) is 33.3 Å². The SMILES string of the molecule is CP(C)(=O)c1nc(N)c2[nH]cnc2n1. The van der Waals surface area contributed by atoms with Crippen molar-refractivity contribution in [3.05, 3.63) is 6.33 Å². The normalized spacial score (nSPS) is 12.1. The van der Waals surface area contributed by atoms with Crippen LogP contribution in [0.25, 0.3) is 11.2 Å². The molecule has 0 aromatic carbocycles. The second-order valence-corrected chi connectivity index (χ2v) is 6.46. The minimum Gasteiger partial charge on any atom is -0.382 e. The Hall–Kier alpha value is -1.42. The fraction of sp³-hybridized carbons (Fsp3) is 0.286. The molecule has 0 aliphatic rings. The van der Waals surface area contributed by atoms with Gasteiger partial charge in [0.25, 0.3) is 0 Å². The molecule has 0 bridgehead atoms. The Morgan fingerprint density at radius 3 is 2.79 bits per heavy atom. The number of hydrogen-bond donors (Lipinski definition) is 2. The van der Waals surface area contributed by atoms with Crippen LogP contribution in [0.3, 0.4) is 0 Å². The minimum atomic E-state index is -2.48. The molecule has 74 valence electrons. The van der Waals surface area contributed by atoms with Gasteiger partial charge in [-0.05, 0) is 13.3 Å². The second-order valence-electron chi connectivity index (χ2n) is 3.36. The maximum Gasteiger partial charge on any atom is 0.192 e. The van der Waals surface area contributed by atoms with Crippen molar-refractivity contribution in [2.24, 2.45) is 0 Å². The molecule has 0 aliphatic carbocycles. The van der Waals surface area contributed by atoms with Gasteiger partial charge in [0, 0.05) is 0 Å². The lowest BCUT2D eigenvalue weighted by Gasteiger charge is -2.04. The first-order valence-electron chi connectivity index (χ1n) is 4.00. The van der Waals surface area contributed by atoms with E-state index >= 15 is 0 Å². The van der Waals surface area contributed by atoms with Crippen LogP contribution < -0.4 is 11.3 Å². The highest BCUT2D eigenvalue weighted by atomic mass is 31.2. The fourth-order valence-electron chi connectivity index (χ4n) is 1.08. The van der Waals surface area contributed by atoms with E-state index in [1.165, 1.54) is 6.33 Å². The van der Waals surface area contributed by atoms with Gasteiger partial charge in [-0.15, -0.1) is 0 Å². The average molecular weight is 211 g/mol. The van der Waals surface area contributed by atoms with Gasteiger partial charge >= 0.3 is 0 Å². The summed E-state index contributed by atoms with van der Waals surface area (Å²) >= 11 is 0. The minimum absolute atomic E-state index is 0.273. The molecule has 0 aliphatic heterocycles. The van der Waals surface area contributed by atoms with Crippen molar-refractivity contribution in [2.45, 2.75) is 0 Å². The molecule has 2 aromatic heterocycles. The van der Waals surface area contributed by atoms with Gasteiger partial charge < -0.3 is 15.3 Å². The van der Waals surface area contributed by atoms with E-state index in [4.69, 9.17) is 5.73 Å². The Balaban J connectivity index is 2.77. The van der Waals surface area contributed by atoms with E-state index in [9.17, 15) is 4.57 Å². The zero-order valence-electron chi connectivity index (χ0n) is 7.85. The summed E-state index contributed by atoms with van der Waals surface area (Å²) in [6.45, 7) is 3.19. The number of fused-ring (bicyclic) bond motifs is 1. The standard InChI is InChI=1S/C7H10N5OP/c1-14(2,13)7-11-5(8)4-6(12-7)10-3-9-4/h3H,1-2H3,(H3,8,9,10,11,12). The number of nitrogens with one attached hydrogen (secondary N) is 1. The molecule has 0 saturated carbocycles. The first kappa shape index (κ1) is 9.15. The Morgan fingerprint density at radius 2 is 2.14 bits per heavy atom. The highest BCUT2D eigenvalue weighted by Crippen LogP contribution is 2.33. The molecule has 0 spiro atoms. The summed E-state index contributed by atoms with van der Waals surface area (Å²) < 4.78 is 11.7. The molecule has 2 aromatic rings. The molecule has 0 unspecified atom stereocenters. The second kappa shape index (κ2) is 2.78. The van der Waals surface area contributed by atoms with Crippen LogP contribution in [0.1, 0.15) is 0 Å². The van der Waals surface area contributed by atoms with Gasteiger partial charge in [0.2, 0.25) is 0 Å². The summed E-state index contributed by atoms with van der Waals surface area (Å²) in [6.07, 6.45) is 1.48. The van der Waals surface area contributed by atoms with Gasteiger partial charge in [0.05, 0.1) is 6.33 Å². The smallest absolute Gasteiger partial charge is 0.192 e. The molecule has 0 atom stereocenters. The summed E-state index contributed by atoms with van der Waals surface area (Å²) in [5.74, 6) is 0.284. The predicted molar refractivity (Wildman–Crippen MR) is 55.2 cm³/mol. The largest absolute Gasteiger partial charge is 0.382 e. The third-order valence-corrected chi connectivity index (χ3v) is 2.95. The summed E-state index contributed by atoms with van der Waals surface area (Å²) in [4.78, 5) is 14.8. The quantitative estimate of drug-likeness (QED) is 0.656. The van der Waals surface area contributed by atoms with Crippen molar-refractivity contribution in [2.75, 3.05) is 19.1 Å². The zero-order chi connectivity index (χ0) is 10.3. The molecular formula is C7H10N5OP. The van der Waals surface area contributed by atoms with E-state index < -0.39 is 7.14 Å². The van der Waals surface area contributed by atoms with E-state index in [1.807, 2.05) is 0 Å². The number of anilines is 1. The number of hydrogen-bond acceptors (Lipinski definition) is 5. The third kappa shape index (κ3) is 1.37. The van der Waals surface area contributed by atoms with Crippen LogP contribution in [0, 0.1) is 0 Å². The van der Waals surface area contributed by atoms with E-state index in [0.717, 1.165) is 0 Å². The number of nitrogens with two attached hydrogens (primary N) is 1. The van der Waals surface area contributed by atoms with E-state index in [0.29, 0.717) is 11.2 Å². The number of H-pyrrole nitrogens is 1. The number of aromatic amines is 1. The maximum absolute atomic E-state index is 11.7. The lowest BCUT2D eigenvalue weighted by Crippen LogP contribution is -2.15. The molecule has 6 nitrogen and oxygen atoms in total.